The van der Waals surface area contributed by atoms with Gasteiger partial charge in [0, 0.05) is 18.8 Å². The van der Waals surface area contributed by atoms with Crippen LogP contribution in [0.5, 0.6) is 0 Å². The molecule has 0 bridgehead atoms. The van der Waals surface area contributed by atoms with Gasteiger partial charge in [0.15, 0.2) is 0 Å². The predicted octanol–water partition coefficient (Wildman–Crippen LogP) is 2.81. The maximum atomic E-state index is 12.5. The van der Waals surface area contributed by atoms with E-state index < -0.39 is 12.0 Å². The first-order chi connectivity index (χ1) is 9.30. The van der Waals surface area contributed by atoms with Crippen molar-refractivity contribution in [3.05, 3.63) is 17.0 Å². The largest absolute Gasteiger partial charge is 0.455 e. The van der Waals surface area contributed by atoms with Crippen LogP contribution in [-0.4, -0.2) is 34.5 Å². The second-order valence-electron chi connectivity index (χ2n) is 5.02. The Hall–Kier alpha value is -1.37. The van der Waals surface area contributed by atoms with E-state index in [9.17, 15) is 18.0 Å². The van der Waals surface area contributed by atoms with Crippen LogP contribution in [0, 0.1) is 13.8 Å². The molecule has 1 aromatic heterocycles. The van der Waals surface area contributed by atoms with Gasteiger partial charge in [0.25, 0.3) is 5.78 Å². The molecule has 2 heterocycles. The van der Waals surface area contributed by atoms with Gasteiger partial charge in [0.1, 0.15) is 0 Å². The predicted molar refractivity (Wildman–Crippen MR) is 65.7 cm³/mol. The Kier molecular flexibility index (Phi) is 4.17. The molecule has 0 N–H and O–H groups in total. The van der Waals surface area contributed by atoms with Gasteiger partial charge in [-0.15, -0.1) is 0 Å². The molecule has 112 valence electrons. The number of ether oxygens (including phenoxy) is 1. The Balaban J connectivity index is 2.13. The van der Waals surface area contributed by atoms with Gasteiger partial charge in [-0.3, -0.25) is 9.48 Å². The molecule has 0 radical (unpaired) electrons. The zero-order chi connectivity index (χ0) is 14.9. The Bertz CT molecular complexity index is 502. The number of carbonyl (C=O) groups excluding carboxylic acids is 1. The van der Waals surface area contributed by atoms with E-state index in [0.717, 1.165) is 19.4 Å². The van der Waals surface area contributed by atoms with Gasteiger partial charge in [0.2, 0.25) is 0 Å². The van der Waals surface area contributed by atoms with Crippen molar-refractivity contribution in [3.8, 4) is 0 Å². The van der Waals surface area contributed by atoms with Crippen LogP contribution in [0.2, 0.25) is 0 Å². The molecule has 1 aromatic rings. The summed E-state index contributed by atoms with van der Waals surface area (Å²) in [6.45, 7) is 4.12. The third kappa shape index (κ3) is 3.03. The second-order valence-corrected chi connectivity index (χ2v) is 5.02. The van der Waals surface area contributed by atoms with Gasteiger partial charge in [-0.1, -0.05) is 0 Å². The van der Waals surface area contributed by atoms with Gasteiger partial charge in [-0.2, -0.15) is 18.3 Å². The average molecular weight is 290 g/mol. The van der Waals surface area contributed by atoms with Crippen LogP contribution in [0.25, 0.3) is 0 Å². The molecule has 4 nitrogen and oxygen atoms in total. The third-order valence-corrected chi connectivity index (χ3v) is 3.55. The van der Waals surface area contributed by atoms with Gasteiger partial charge >= 0.3 is 6.18 Å². The fraction of sp³-hybridized carbons (Fsp3) is 0.692. The highest BCUT2D eigenvalue weighted by Crippen LogP contribution is 2.26. The maximum absolute atomic E-state index is 12.5. The maximum Gasteiger partial charge on any atom is 0.455 e. The highest BCUT2D eigenvalue weighted by molar-refractivity contribution is 6.02. The summed E-state index contributed by atoms with van der Waals surface area (Å²) in [4.78, 5) is 11.4. The molecule has 0 aromatic carbocycles. The van der Waals surface area contributed by atoms with Crippen molar-refractivity contribution in [2.24, 2.45) is 0 Å². The minimum atomic E-state index is -4.86. The van der Waals surface area contributed by atoms with Crippen molar-refractivity contribution >= 4 is 5.78 Å². The molecule has 1 unspecified atom stereocenters. The van der Waals surface area contributed by atoms with Crippen molar-refractivity contribution in [1.29, 1.82) is 0 Å². The number of Topliss-reactive ketones (excluding diaryl/α,β-unsaturated/α-hetero) is 1. The van der Waals surface area contributed by atoms with Crippen LogP contribution in [0.15, 0.2) is 0 Å². The van der Waals surface area contributed by atoms with Gasteiger partial charge in [-0.25, -0.2) is 0 Å². The Morgan fingerprint density at radius 2 is 2.15 bits per heavy atom. The van der Waals surface area contributed by atoms with Crippen molar-refractivity contribution in [3.63, 3.8) is 0 Å². The second kappa shape index (κ2) is 5.55. The molecule has 1 atom stereocenters. The molecular weight excluding hydrogens is 273 g/mol. The summed E-state index contributed by atoms with van der Waals surface area (Å²) in [7, 11) is 0. The number of aryl methyl sites for hydroxylation is 2. The Labute approximate surface area is 114 Å². The highest BCUT2D eigenvalue weighted by Gasteiger charge is 2.42. The van der Waals surface area contributed by atoms with E-state index in [1.165, 1.54) is 18.5 Å². The standard InChI is InChI=1S/C13H17F3N2O2/c1-8-11(12(19)13(14,15)16)9(2)18(17-8)6-5-10-4-3-7-20-10/h10H,3-7H2,1-2H3. The molecular formula is C13H17F3N2O2. The van der Waals surface area contributed by atoms with E-state index in [1.807, 2.05) is 0 Å². The minimum absolute atomic E-state index is 0.122. The van der Waals surface area contributed by atoms with E-state index in [2.05, 4.69) is 5.10 Å². The molecule has 20 heavy (non-hydrogen) atoms. The monoisotopic (exact) mass is 290 g/mol. The molecule has 0 saturated carbocycles. The molecule has 1 saturated heterocycles. The number of carbonyl (C=O) groups is 1. The first kappa shape index (κ1) is 15.0. The summed E-state index contributed by atoms with van der Waals surface area (Å²) in [5, 5.41) is 4.05. The molecule has 0 aliphatic carbocycles. The van der Waals surface area contributed by atoms with Crippen molar-refractivity contribution in [2.45, 2.75) is 51.9 Å². The van der Waals surface area contributed by atoms with Crippen LogP contribution < -0.4 is 0 Å². The zero-order valence-electron chi connectivity index (χ0n) is 11.5. The topological polar surface area (TPSA) is 44.1 Å². The number of aromatic nitrogens is 2. The summed E-state index contributed by atoms with van der Waals surface area (Å²) in [6, 6.07) is 0. The molecule has 0 amide bonds. The lowest BCUT2D eigenvalue weighted by atomic mass is 10.1. The van der Waals surface area contributed by atoms with E-state index in [1.54, 1.807) is 0 Å². The normalized spacial score (nSPS) is 19.6. The molecule has 1 aliphatic rings. The molecule has 0 spiro atoms. The number of ketones is 1. The molecule has 1 fully saturated rings. The lowest BCUT2D eigenvalue weighted by Gasteiger charge is -2.10. The summed E-state index contributed by atoms with van der Waals surface area (Å²) in [5.74, 6) is -1.82. The molecule has 7 heteroatoms. The van der Waals surface area contributed by atoms with Crippen molar-refractivity contribution in [2.75, 3.05) is 6.61 Å². The molecule has 2 rings (SSSR count). The quantitative estimate of drug-likeness (QED) is 0.801. The number of alkyl halides is 3. The summed E-state index contributed by atoms with van der Waals surface area (Å²) >= 11 is 0. The fourth-order valence-electron chi connectivity index (χ4n) is 2.52. The van der Waals surface area contributed by atoms with Crippen LogP contribution in [0.4, 0.5) is 13.2 Å². The zero-order valence-corrected chi connectivity index (χ0v) is 11.5. The SMILES string of the molecule is Cc1nn(CCC2CCCO2)c(C)c1C(=O)C(F)(F)F. The number of nitrogens with zero attached hydrogens (tertiary/aromatic N) is 2. The minimum Gasteiger partial charge on any atom is -0.378 e. The highest BCUT2D eigenvalue weighted by atomic mass is 19.4. The number of halogens is 3. The van der Waals surface area contributed by atoms with Crippen LogP contribution >= 0.6 is 0 Å². The third-order valence-electron chi connectivity index (χ3n) is 3.55. The Morgan fingerprint density at radius 1 is 1.45 bits per heavy atom. The van der Waals surface area contributed by atoms with Crippen molar-refractivity contribution in [1.82, 2.24) is 9.78 Å². The first-order valence-corrected chi connectivity index (χ1v) is 6.58. The number of rotatable bonds is 4. The molecule has 1 aliphatic heterocycles. The number of hydrogen-bond donors (Lipinski definition) is 0. The number of hydrogen-bond acceptors (Lipinski definition) is 3. The van der Waals surface area contributed by atoms with E-state index in [4.69, 9.17) is 4.74 Å². The van der Waals surface area contributed by atoms with E-state index >= 15 is 0 Å². The summed E-state index contributed by atoms with van der Waals surface area (Å²) in [5.41, 5.74) is 0.0600. The van der Waals surface area contributed by atoms with E-state index in [0.29, 0.717) is 13.0 Å². The van der Waals surface area contributed by atoms with Crippen LogP contribution in [0.1, 0.15) is 41.0 Å². The average Bonchev–Trinajstić information content (AvgIpc) is 2.94. The van der Waals surface area contributed by atoms with Crippen molar-refractivity contribution < 1.29 is 22.7 Å². The van der Waals surface area contributed by atoms with Crippen LogP contribution in [0.3, 0.4) is 0 Å². The smallest absolute Gasteiger partial charge is 0.378 e. The lowest BCUT2D eigenvalue weighted by Crippen LogP contribution is -2.24. The Morgan fingerprint density at radius 3 is 2.70 bits per heavy atom. The van der Waals surface area contributed by atoms with Gasteiger partial charge in [0.05, 0.1) is 17.4 Å². The fourth-order valence-corrected chi connectivity index (χ4v) is 2.52. The summed E-state index contributed by atoms with van der Waals surface area (Å²) in [6.07, 6.45) is -2.05. The first-order valence-electron chi connectivity index (χ1n) is 6.58. The lowest BCUT2D eigenvalue weighted by molar-refractivity contribution is -0.0886. The van der Waals surface area contributed by atoms with Gasteiger partial charge < -0.3 is 4.74 Å². The summed E-state index contributed by atoms with van der Waals surface area (Å²) < 4.78 is 44.5. The van der Waals surface area contributed by atoms with Gasteiger partial charge in [-0.05, 0) is 33.1 Å². The van der Waals surface area contributed by atoms with E-state index in [-0.39, 0.29) is 23.1 Å². The van der Waals surface area contributed by atoms with Crippen LogP contribution in [-0.2, 0) is 11.3 Å².